The smallest absolute Gasteiger partial charge is 0.0294 e. The van der Waals surface area contributed by atoms with E-state index in [0.717, 1.165) is 37.7 Å². The first kappa shape index (κ1) is 16.8. The molecule has 0 aromatic rings. The summed E-state index contributed by atoms with van der Waals surface area (Å²) in [5.41, 5.74) is 0. The quantitative estimate of drug-likeness (QED) is 0.180. The van der Waals surface area contributed by atoms with Crippen molar-refractivity contribution in [1.82, 2.24) is 20.8 Å². The van der Waals surface area contributed by atoms with Crippen molar-refractivity contribution in [3.8, 4) is 0 Å². The molecule has 0 saturated heterocycles. The summed E-state index contributed by atoms with van der Waals surface area (Å²) in [7, 11) is 1.95. The first-order valence-corrected chi connectivity index (χ1v) is 7.09. The monoisotopic (exact) mass is 286 g/mol. The van der Waals surface area contributed by atoms with E-state index in [1.807, 2.05) is 7.05 Å². The van der Waals surface area contributed by atoms with Crippen molar-refractivity contribution in [1.29, 1.82) is 0 Å². The summed E-state index contributed by atoms with van der Waals surface area (Å²) in [6.45, 7) is 3.49. The molecule has 0 radical (unpaired) electrons. The minimum absolute atomic E-state index is 0.313. The Morgan fingerprint density at radius 1 is 1.06 bits per heavy atom. The molecule has 4 nitrogen and oxygen atoms in total. The zero-order chi connectivity index (χ0) is 12.2. The lowest BCUT2D eigenvalue weighted by atomic mass is 10.3. The highest BCUT2D eigenvalue weighted by Crippen LogP contribution is 1.86. The first-order valence-electron chi connectivity index (χ1n) is 5.45. The highest BCUT2D eigenvalue weighted by atomic mass is 35.5. The van der Waals surface area contributed by atoms with Crippen LogP contribution in [0.5, 0.6) is 0 Å². The second kappa shape index (κ2) is 12.3. The molecule has 0 amide bonds. The second-order valence-corrected chi connectivity index (χ2v) is 4.54. The van der Waals surface area contributed by atoms with E-state index in [4.69, 9.17) is 11.8 Å². The Balaban J connectivity index is 3.37. The van der Waals surface area contributed by atoms with Gasteiger partial charge in [0.05, 0.1) is 0 Å². The molecule has 4 N–H and O–H groups in total. The second-order valence-electron chi connectivity index (χ2n) is 3.54. The van der Waals surface area contributed by atoms with Gasteiger partial charge in [0.15, 0.2) is 0 Å². The highest BCUT2D eigenvalue weighted by molar-refractivity contribution is 7.80. The zero-order valence-electron chi connectivity index (χ0n) is 9.67. The fourth-order valence-electron chi connectivity index (χ4n) is 1.19. The van der Waals surface area contributed by atoms with Gasteiger partial charge in [0.1, 0.15) is 0 Å². The van der Waals surface area contributed by atoms with E-state index in [2.05, 4.69) is 46.0 Å². The molecule has 0 aliphatic heterocycles. The van der Waals surface area contributed by atoms with Crippen LogP contribution in [0.3, 0.4) is 0 Å². The number of thiol groups is 2. The van der Waals surface area contributed by atoms with Gasteiger partial charge in [0, 0.05) is 49.8 Å². The highest BCUT2D eigenvalue weighted by Gasteiger charge is 2.04. The molecule has 0 aromatic carbocycles. The molecule has 0 saturated carbocycles. The molecular weight excluding hydrogens is 264 g/mol. The average Bonchev–Trinajstić information content (AvgIpc) is 2.32. The standard InChI is InChI=1S/C9H23ClN4S2/c1-11-8(6-15)4-12-2-3-13-9(7-16)5-14-10/h8-9,11-16H,2-7H2,1H3. The predicted molar refractivity (Wildman–Crippen MR) is 79.1 cm³/mol. The van der Waals surface area contributed by atoms with Crippen LogP contribution < -0.4 is 20.8 Å². The molecule has 0 spiro atoms. The fourth-order valence-corrected chi connectivity index (χ4v) is 1.95. The molecule has 2 unspecified atom stereocenters. The number of likely N-dealkylation sites (N-methyl/N-ethyl adjacent to an activating group) is 1. The number of hydrogen-bond acceptors (Lipinski definition) is 6. The van der Waals surface area contributed by atoms with Crippen molar-refractivity contribution in [2.75, 3.05) is 44.7 Å². The van der Waals surface area contributed by atoms with Crippen molar-refractivity contribution in [2.24, 2.45) is 0 Å². The third-order valence-corrected chi connectivity index (χ3v) is 3.33. The number of rotatable bonds is 11. The summed E-state index contributed by atoms with van der Waals surface area (Å²) in [5.74, 6) is 1.61. The van der Waals surface area contributed by atoms with Crippen LogP contribution in [0, 0.1) is 0 Å². The van der Waals surface area contributed by atoms with Gasteiger partial charge in [0.2, 0.25) is 0 Å². The lowest BCUT2D eigenvalue weighted by Crippen LogP contribution is -2.43. The molecule has 16 heavy (non-hydrogen) atoms. The SMILES string of the molecule is CNC(CS)CNCCNC(CS)CNCl. The van der Waals surface area contributed by atoms with Crippen LogP contribution in [0.4, 0.5) is 0 Å². The van der Waals surface area contributed by atoms with Gasteiger partial charge in [-0.15, -0.1) is 0 Å². The molecule has 0 aliphatic carbocycles. The summed E-state index contributed by atoms with van der Waals surface area (Å²) in [6, 6.07) is 0.737. The van der Waals surface area contributed by atoms with Crippen LogP contribution in [-0.4, -0.2) is 56.8 Å². The van der Waals surface area contributed by atoms with Crippen LogP contribution >= 0.6 is 37.0 Å². The molecule has 0 aromatic heterocycles. The van der Waals surface area contributed by atoms with E-state index in [0.29, 0.717) is 12.1 Å². The molecule has 0 fully saturated rings. The molecule has 98 valence electrons. The van der Waals surface area contributed by atoms with Gasteiger partial charge in [-0.3, -0.25) is 0 Å². The Labute approximate surface area is 115 Å². The van der Waals surface area contributed by atoms with E-state index in [9.17, 15) is 0 Å². The number of nitrogens with one attached hydrogen (secondary N) is 4. The van der Waals surface area contributed by atoms with E-state index >= 15 is 0 Å². The predicted octanol–water partition coefficient (Wildman–Crippen LogP) is -0.275. The molecule has 0 aliphatic rings. The van der Waals surface area contributed by atoms with Gasteiger partial charge in [-0.2, -0.15) is 25.3 Å². The van der Waals surface area contributed by atoms with Crippen LogP contribution in [0.2, 0.25) is 0 Å². The maximum Gasteiger partial charge on any atom is 0.0294 e. The first-order chi connectivity index (χ1) is 7.78. The lowest BCUT2D eigenvalue weighted by Gasteiger charge is -2.17. The molecule has 2 atom stereocenters. The van der Waals surface area contributed by atoms with E-state index in [1.54, 1.807) is 0 Å². The molecule has 0 bridgehead atoms. The van der Waals surface area contributed by atoms with Gasteiger partial charge in [-0.05, 0) is 18.8 Å². The number of halogens is 1. The fraction of sp³-hybridized carbons (Fsp3) is 1.00. The Morgan fingerprint density at radius 3 is 2.25 bits per heavy atom. The van der Waals surface area contributed by atoms with Gasteiger partial charge < -0.3 is 16.0 Å². The minimum atomic E-state index is 0.313. The summed E-state index contributed by atoms with van der Waals surface area (Å²) < 4.78 is 0. The number of hydrogen-bond donors (Lipinski definition) is 6. The van der Waals surface area contributed by atoms with Crippen LogP contribution in [-0.2, 0) is 0 Å². The maximum atomic E-state index is 5.44. The zero-order valence-corrected chi connectivity index (χ0v) is 12.2. The van der Waals surface area contributed by atoms with E-state index < -0.39 is 0 Å². The van der Waals surface area contributed by atoms with Gasteiger partial charge in [-0.25, -0.2) is 4.84 Å². The summed E-state index contributed by atoms with van der Waals surface area (Å²) in [4.78, 5) is 2.62. The van der Waals surface area contributed by atoms with Crippen molar-refractivity contribution in [3.63, 3.8) is 0 Å². The summed E-state index contributed by atoms with van der Waals surface area (Å²) in [5, 5.41) is 9.90. The molecular formula is C9H23ClN4S2. The third-order valence-electron chi connectivity index (χ3n) is 2.30. The van der Waals surface area contributed by atoms with Crippen molar-refractivity contribution < 1.29 is 0 Å². The minimum Gasteiger partial charge on any atom is -0.315 e. The van der Waals surface area contributed by atoms with E-state index in [1.165, 1.54) is 0 Å². The maximum absolute atomic E-state index is 5.44. The third kappa shape index (κ3) is 8.92. The van der Waals surface area contributed by atoms with Crippen LogP contribution in [0.15, 0.2) is 0 Å². The van der Waals surface area contributed by atoms with Gasteiger partial charge in [0.25, 0.3) is 0 Å². The largest absolute Gasteiger partial charge is 0.315 e. The van der Waals surface area contributed by atoms with Crippen molar-refractivity contribution >= 4 is 37.0 Å². The van der Waals surface area contributed by atoms with Crippen molar-refractivity contribution in [3.05, 3.63) is 0 Å². The normalized spacial score (nSPS) is 15.0. The lowest BCUT2D eigenvalue weighted by molar-refractivity contribution is 0.504. The Morgan fingerprint density at radius 2 is 1.75 bits per heavy atom. The molecule has 7 heteroatoms. The van der Waals surface area contributed by atoms with Crippen LogP contribution in [0.1, 0.15) is 0 Å². The Kier molecular flexibility index (Phi) is 12.9. The van der Waals surface area contributed by atoms with Gasteiger partial charge >= 0.3 is 0 Å². The molecule has 0 heterocycles. The van der Waals surface area contributed by atoms with Gasteiger partial charge in [-0.1, -0.05) is 0 Å². The molecule has 0 rings (SSSR count). The topological polar surface area (TPSA) is 48.1 Å². The van der Waals surface area contributed by atoms with E-state index in [-0.39, 0.29) is 0 Å². The van der Waals surface area contributed by atoms with Crippen LogP contribution in [0.25, 0.3) is 0 Å². The van der Waals surface area contributed by atoms with Crippen molar-refractivity contribution in [2.45, 2.75) is 12.1 Å². The summed E-state index contributed by atoms with van der Waals surface area (Å²) >= 11 is 13.9. The Hall–Kier alpha value is 0.830. The summed E-state index contributed by atoms with van der Waals surface area (Å²) in [6.07, 6.45) is 0. The average molecular weight is 287 g/mol. The Bertz CT molecular complexity index is 149.